The maximum Gasteiger partial charge on any atom is 0.242 e. The molecule has 0 aliphatic rings. The number of amides is 2. The van der Waals surface area contributed by atoms with Crippen molar-refractivity contribution in [1.82, 2.24) is 10.2 Å². The van der Waals surface area contributed by atoms with Crippen LogP contribution in [0.1, 0.15) is 43.4 Å². The Morgan fingerprint density at radius 2 is 1.62 bits per heavy atom. The van der Waals surface area contributed by atoms with Crippen molar-refractivity contribution in [1.29, 1.82) is 0 Å². The normalized spacial score (nSPS) is 12.1. The fourth-order valence-corrected chi connectivity index (χ4v) is 4.94. The minimum Gasteiger partial charge on any atom is -0.355 e. The fraction of sp³-hybridized carbons (Fsp3) is 0.462. The monoisotopic (exact) mass is 487 g/mol. The summed E-state index contributed by atoms with van der Waals surface area (Å²) >= 11 is 0. The molecule has 34 heavy (non-hydrogen) atoms. The lowest BCUT2D eigenvalue weighted by molar-refractivity contribution is -0.139. The van der Waals surface area contributed by atoms with Gasteiger partial charge in [0.2, 0.25) is 21.8 Å². The molecular weight excluding hydrogens is 450 g/mol. The first-order chi connectivity index (χ1) is 16.0. The lowest BCUT2D eigenvalue weighted by atomic mass is 10.1. The molecular formula is C26H37N3O4S. The zero-order valence-corrected chi connectivity index (χ0v) is 21.7. The number of hydrogen-bond acceptors (Lipinski definition) is 4. The van der Waals surface area contributed by atoms with Crippen molar-refractivity contribution in [2.24, 2.45) is 0 Å². The summed E-state index contributed by atoms with van der Waals surface area (Å²) in [5.41, 5.74) is 3.63. The van der Waals surface area contributed by atoms with E-state index >= 15 is 0 Å². The first kappa shape index (κ1) is 27.4. The molecule has 0 saturated heterocycles. The van der Waals surface area contributed by atoms with Crippen LogP contribution in [-0.2, 0) is 26.0 Å². The standard InChI is InChI=1S/C26H37N3O4S/c1-6-27-26(31)22(4)28(16-14-23-11-8-7-9-12-23)25(30)13-10-15-29(34(5,32)33)24-18-20(2)17-21(3)19-24/h7-9,11-12,17-19,22H,6,10,13-16H2,1-5H3,(H,27,31). The Labute approximate surface area is 204 Å². The first-order valence-electron chi connectivity index (χ1n) is 11.7. The summed E-state index contributed by atoms with van der Waals surface area (Å²) in [4.78, 5) is 27.2. The minimum absolute atomic E-state index is 0.148. The topological polar surface area (TPSA) is 86.8 Å². The predicted molar refractivity (Wildman–Crippen MR) is 137 cm³/mol. The van der Waals surface area contributed by atoms with Crippen molar-refractivity contribution >= 4 is 27.5 Å². The van der Waals surface area contributed by atoms with E-state index in [0.29, 0.717) is 31.6 Å². The van der Waals surface area contributed by atoms with Crippen molar-refractivity contribution < 1.29 is 18.0 Å². The van der Waals surface area contributed by atoms with E-state index in [1.165, 1.54) is 10.6 Å². The Kier molecular flexibility index (Phi) is 10.1. The van der Waals surface area contributed by atoms with Crippen LogP contribution in [0.2, 0.25) is 0 Å². The van der Waals surface area contributed by atoms with Crippen LogP contribution < -0.4 is 9.62 Å². The van der Waals surface area contributed by atoms with Gasteiger partial charge < -0.3 is 10.2 Å². The molecule has 2 aromatic carbocycles. The maximum absolute atomic E-state index is 13.2. The molecule has 7 nitrogen and oxygen atoms in total. The Morgan fingerprint density at radius 3 is 2.18 bits per heavy atom. The van der Waals surface area contributed by atoms with Crippen molar-refractivity contribution in [2.75, 3.05) is 30.2 Å². The van der Waals surface area contributed by atoms with Crippen molar-refractivity contribution in [3.8, 4) is 0 Å². The Balaban J connectivity index is 2.11. The lowest BCUT2D eigenvalue weighted by Crippen LogP contribution is -2.48. The highest BCUT2D eigenvalue weighted by atomic mass is 32.2. The zero-order valence-electron chi connectivity index (χ0n) is 20.9. The average molecular weight is 488 g/mol. The molecule has 0 aromatic heterocycles. The van der Waals surface area contributed by atoms with Gasteiger partial charge in [-0.2, -0.15) is 0 Å². The van der Waals surface area contributed by atoms with Gasteiger partial charge in [-0.1, -0.05) is 36.4 Å². The highest BCUT2D eigenvalue weighted by Crippen LogP contribution is 2.22. The quantitative estimate of drug-likeness (QED) is 0.497. The third-order valence-electron chi connectivity index (χ3n) is 5.65. The second-order valence-corrected chi connectivity index (χ2v) is 10.6. The maximum atomic E-state index is 13.2. The van der Waals surface area contributed by atoms with Gasteiger partial charge in [0, 0.05) is 26.1 Å². The molecule has 0 radical (unpaired) electrons. The number of anilines is 1. The number of sulfonamides is 1. The van der Waals surface area contributed by atoms with Gasteiger partial charge in [0.1, 0.15) is 6.04 Å². The van der Waals surface area contributed by atoms with Gasteiger partial charge >= 0.3 is 0 Å². The van der Waals surface area contributed by atoms with E-state index < -0.39 is 16.1 Å². The van der Waals surface area contributed by atoms with Crippen molar-refractivity contribution in [3.05, 3.63) is 65.2 Å². The second-order valence-electron chi connectivity index (χ2n) is 8.68. The van der Waals surface area contributed by atoms with Gasteiger partial charge in [-0.05, 0) is 69.4 Å². The smallest absolute Gasteiger partial charge is 0.242 e. The van der Waals surface area contributed by atoms with E-state index in [0.717, 1.165) is 16.7 Å². The van der Waals surface area contributed by atoms with Crippen molar-refractivity contribution in [3.63, 3.8) is 0 Å². The number of rotatable bonds is 12. The molecule has 186 valence electrons. The van der Waals surface area contributed by atoms with E-state index in [1.807, 2.05) is 69.3 Å². The molecule has 0 fully saturated rings. The van der Waals surface area contributed by atoms with Gasteiger partial charge in [0.25, 0.3) is 0 Å². The lowest BCUT2D eigenvalue weighted by Gasteiger charge is -2.29. The van der Waals surface area contributed by atoms with E-state index in [1.54, 1.807) is 11.8 Å². The molecule has 2 rings (SSSR count). The van der Waals surface area contributed by atoms with Crippen molar-refractivity contribution in [2.45, 2.75) is 53.0 Å². The molecule has 1 atom stereocenters. The summed E-state index contributed by atoms with van der Waals surface area (Å²) in [7, 11) is -3.51. The van der Waals surface area contributed by atoms with Crippen LogP contribution in [0.5, 0.6) is 0 Å². The fourth-order valence-electron chi connectivity index (χ4n) is 3.99. The zero-order chi connectivity index (χ0) is 25.3. The largest absolute Gasteiger partial charge is 0.355 e. The van der Waals surface area contributed by atoms with Crippen LogP contribution in [0.25, 0.3) is 0 Å². The van der Waals surface area contributed by atoms with Crippen LogP contribution >= 0.6 is 0 Å². The second kappa shape index (κ2) is 12.6. The third kappa shape index (κ3) is 8.17. The number of aryl methyl sites for hydroxylation is 2. The van der Waals surface area contributed by atoms with E-state index in [-0.39, 0.29) is 24.8 Å². The van der Waals surface area contributed by atoms with Crippen LogP contribution in [0.4, 0.5) is 5.69 Å². The Morgan fingerprint density at radius 1 is 1.00 bits per heavy atom. The van der Waals surface area contributed by atoms with Gasteiger partial charge in [-0.3, -0.25) is 13.9 Å². The van der Waals surface area contributed by atoms with Crippen LogP contribution in [0.3, 0.4) is 0 Å². The number of likely N-dealkylation sites (N-methyl/N-ethyl adjacent to an activating group) is 1. The molecule has 1 N–H and O–H groups in total. The summed E-state index contributed by atoms with van der Waals surface area (Å²) < 4.78 is 26.3. The first-order valence-corrected chi connectivity index (χ1v) is 13.5. The summed E-state index contributed by atoms with van der Waals surface area (Å²) in [6, 6.07) is 14.9. The third-order valence-corrected chi connectivity index (χ3v) is 6.84. The van der Waals surface area contributed by atoms with Crippen LogP contribution in [0.15, 0.2) is 48.5 Å². The molecule has 8 heteroatoms. The van der Waals surface area contributed by atoms with E-state index in [2.05, 4.69) is 5.32 Å². The molecule has 0 heterocycles. The van der Waals surface area contributed by atoms with Gasteiger partial charge in [0.15, 0.2) is 0 Å². The number of nitrogens with zero attached hydrogens (tertiary/aromatic N) is 2. The molecule has 0 saturated carbocycles. The van der Waals surface area contributed by atoms with Crippen LogP contribution in [0, 0.1) is 13.8 Å². The van der Waals surface area contributed by atoms with E-state index in [9.17, 15) is 18.0 Å². The van der Waals surface area contributed by atoms with Gasteiger partial charge in [-0.15, -0.1) is 0 Å². The average Bonchev–Trinajstić information content (AvgIpc) is 2.76. The summed E-state index contributed by atoms with van der Waals surface area (Å²) in [5, 5.41) is 2.78. The highest BCUT2D eigenvalue weighted by Gasteiger charge is 2.26. The Bertz CT molecular complexity index is 1050. The molecule has 0 bridgehead atoms. The summed E-state index contributed by atoms with van der Waals surface area (Å²) in [6.07, 6.45) is 2.31. The molecule has 0 aliphatic carbocycles. The predicted octanol–water partition coefficient (Wildman–Crippen LogP) is 3.45. The summed E-state index contributed by atoms with van der Waals surface area (Å²) in [5.74, 6) is -0.361. The number of carbonyl (C=O) groups is 2. The number of carbonyl (C=O) groups excluding carboxylic acids is 2. The van der Waals surface area contributed by atoms with Crippen LogP contribution in [-0.4, -0.2) is 57.1 Å². The number of benzene rings is 2. The van der Waals surface area contributed by atoms with E-state index in [4.69, 9.17) is 0 Å². The molecule has 2 amide bonds. The number of nitrogens with one attached hydrogen (secondary N) is 1. The molecule has 0 spiro atoms. The van der Waals surface area contributed by atoms with Gasteiger partial charge in [0.05, 0.1) is 11.9 Å². The molecule has 2 aromatic rings. The SMILES string of the molecule is CCNC(=O)C(C)N(CCc1ccccc1)C(=O)CCCN(c1cc(C)cc(C)c1)S(C)(=O)=O. The minimum atomic E-state index is -3.51. The Hall–Kier alpha value is -2.87. The summed E-state index contributed by atoms with van der Waals surface area (Å²) in [6.45, 7) is 8.51. The molecule has 1 unspecified atom stereocenters. The number of hydrogen-bond donors (Lipinski definition) is 1. The molecule has 0 aliphatic heterocycles. The van der Waals surface area contributed by atoms with Gasteiger partial charge in [-0.25, -0.2) is 8.42 Å². The highest BCUT2D eigenvalue weighted by molar-refractivity contribution is 7.92.